The van der Waals surface area contributed by atoms with Crippen LogP contribution in [0.25, 0.3) is 5.69 Å². The van der Waals surface area contributed by atoms with E-state index in [0.717, 1.165) is 28.8 Å². The number of halogens is 2. The first kappa shape index (κ1) is 11.5. The molecule has 0 spiro atoms. The van der Waals surface area contributed by atoms with Crippen LogP contribution in [-0.4, -0.2) is 20.2 Å². The van der Waals surface area contributed by atoms with E-state index in [2.05, 4.69) is 38.4 Å². The number of hydrogen-bond acceptors (Lipinski definition) is 3. The first-order valence-electron chi connectivity index (χ1n) is 4.95. The molecule has 4 nitrogen and oxygen atoms in total. The molecule has 0 saturated carbocycles. The van der Waals surface area contributed by atoms with Gasteiger partial charge in [0.25, 0.3) is 0 Å². The lowest BCUT2D eigenvalue weighted by Gasteiger charge is -2.04. The Morgan fingerprint density at radius 2 is 2.25 bits per heavy atom. The quantitative estimate of drug-likeness (QED) is 0.875. The zero-order chi connectivity index (χ0) is 11.5. The fourth-order valence-electron chi connectivity index (χ4n) is 1.40. The van der Waals surface area contributed by atoms with Crippen LogP contribution in [0.1, 0.15) is 19.2 Å². The fraction of sp³-hybridized carbons (Fsp3) is 0.300. The predicted octanol–water partition coefficient (Wildman–Crippen LogP) is 3.03. The highest BCUT2D eigenvalue weighted by Gasteiger charge is 2.08. The number of nitrogens with zero attached hydrogens (tertiary/aromatic N) is 4. The van der Waals surface area contributed by atoms with E-state index < -0.39 is 0 Å². The molecule has 2 rings (SSSR count). The van der Waals surface area contributed by atoms with Gasteiger partial charge in [-0.2, -0.15) is 4.68 Å². The van der Waals surface area contributed by atoms with Gasteiger partial charge < -0.3 is 0 Å². The van der Waals surface area contributed by atoms with Crippen LogP contribution in [0.3, 0.4) is 0 Å². The standard InChI is InChI=1S/C10H10BrClN4/c1-2-3-10-13-14-15-16(10)7-4-5-9(12)8(11)6-7/h4-6H,2-3H2,1H3. The first-order chi connectivity index (χ1) is 7.72. The minimum absolute atomic E-state index is 0.675. The zero-order valence-corrected chi connectivity index (χ0v) is 11.0. The minimum atomic E-state index is 0.675. The smallest absolute Gasteiger partial charge is 0.156 e. The number of rotatable bonds is 3. The number of aromatic nitrogens is 4. The van der Waals surface area contributed by atoms with Gasteiger partial charge in [0.2, 0.25) is 0 Å². The maximum absolute atomic E-state index is 5.94. The Balaban J connectivity index is 2.42. The van der Waals surface area contributed by atoms with Gasteiger partial charge in [0.05, 0.1) is 10.7 Å². The van der Waals surface area contributed by atoms with Crippen LogP contribution in [-0.2, 0) is 6.42 Å². The van der Waals surface area contributed by atoms with Gasteiger partial charge in [-0.25, -0.2) is 0 Å². The molecule has 0 bridgehead atoms. The number of aryl methyl sites for hydroxylation is 1. The number of hydrogen-bond donors (Lipinski definition) is 0. The van der Waals surface area contributed by atoms with Gasteiger partial charge in [-0.05, 0) is 51.0 Å². The van der Waals surface area contributed by atoms with Crippen molar-refractivity contribution in [1.29, 1.82) is 0 Å². The molecular formula is C10H10BrClN4. The summed E-state index contributed by atoms with van der Waals surface area (Å²) in [5.74, 6) is 0.858. The van der Waals surface area contributed by atoms with Gasteiger partial charge in [0.1, 0.15) is 0 Å². The third kappa shape index (κ3) is 2.25. The Labute approximate surface area is 107 Å². The lowest BCUT2D eigenvalue weighted by atomic mass is 10.3. The van der Waals surface area contributed by atoms with Gasteiger partial charge in [-0.15, -0.1) is 5.10 Å². The summed E-state index contributed by atoms with van der Waals surface area (Å²) in [5, 5.41) is 12.3. The molecule has 2 aromatic rings. The van der Waals surface area contributed by atoms with Crippen molar-refractivity contribution in [3.05, 3.63) is 33.5 Å². The highest BCUT2D eigenvalue weighted by Crippen LogP contribution is 2.24. The molecule has 0 unspecified atom stereocenters. The Bertz CT molecular complexity index is 497. The highest BCUT2D eigenvalue weighted by molar-refractivity contribution is 9.10. The van der Waals surface area contributed by atoms with E-state index >= 15 is 0 Å². The Hall–Kier alpha value is -0.940. The van der Waals surface area contributed by atoms with E-state index in [9.17, 15) is 0 Å². The summed E-state index contributed by atoms with van der Waals surface area (Å²) >= 11 is 9.32. The Morgan fingerprint density at radius 1 is 1.44 bits per heavy atom. The molecule has 84 valence electrons. The molecule has 16 heavy (non-hydrogen) atoms. The number of tetrazole rings is 1. The lowest BCUT2D eigenvalue weighted by Crippen LogP contribution is -2.02. The molecule has 0 amide bonds. The molecule has 0 radical (unpaired) electrons. The summed E-state index contributed by atoms with van der Waals surface area (Å²) in [5.41, 5.74) is 0.907. The van der Waals surface area contributed by atoms with Crippen molar-refractivity contribution in [1.82, 2.24) is 20.2 Å². The lowest BCUT2D eigenvalue weighted by molar-refractivity contribution is 0.745. The van der Waals surface area contributed by atoms with Crippen molar-refractivity contribution < 1.29 is 0 Å². The minimum Gasteiger partial charge on any atom is -0.197 e. The maximum atomic E-state index is 5.94. The predicted molar refractivity (Wildman–Crippen MR) is 65.9 cm³/mol. The van der Waals surface area contributed by atoms with Crippen LogP contribution in [0, 0.1) is 0 Å². The Kier molecular flexibility index (Phi) is 3.56. The van der Waals surface area contributed by atoms with Crippen LogP contribution in [0.4, 0.5) is 0 Å². The Morgan fingerprint density at radius 3 is 2.94 bits per heavy atom. The van der Waals surface area contributed by atoms with Crippen molar-refractivity contribution in [2.75, 3.05) is 0 Å². The SMILES string of the molecule is CCCc1nnnn1-c1ccc(Cl)c(Br)c1. The molecule has 0 fully saturated rings. The third-order valence-electron chi connectivity index (χ3n) is 2.16. The normalized spacial score (nSPS) is 10.7. The zero-order valence-electron chi connectivity index (χ0n) is 8.69. The van der Waals surface area contributed by atoms with E-state index in [0.29, 0.717) is 5.02 Å². The van der Waals surface area contributed by atoms with Crippen molar-refractivity contribution in [2.24, 2.45) is 0 Å². The molecule has 1 aromatic carbocycles. The summed E-state index contributed by atoms with van der Waals surface area (Å²) in [6.45, 7) is 2.09. The van der Waals surface area contributed by atoms with Gasteiger partial charge in [-0.3, -0.25) is 0 Å². The highest BCUT2D eigenvalue weighted by atomic mass is 79.9. The van der Waals surface area contributed by atoms with Crippen molar-refractivity contribution in [3.63, 3.8) is 0 Å². The van der Waals surface area contributed by atoms with E-state index in [1.165, 1.54) is 0 Å². The monoisotopic (exact) mass is 300 g/mol. The van der Waals surface area contributed by atoms with E-state index in [-0.39, 0.29) is 0 Å². The first-order valence-corrected chi connectivity index (χ1v) is 6.12. The average Bonchev–Trinajstić information content (AvgIpc) is 2.71. The largest absolute Gasteiger partial charge is 0.197 e. The summed E-state index contributed by atoms with van der Waals surface area (Å²) in [6.07, 6.45) is 1.86. The topological polar surface area (TPSA) is 43.6 Å². The van der Waals surface area contributed by atoms with Crippen LogP contribution in [0.2, 0.25) is 5.02 Å². The third-order valence-corrected chi connectivity index (χ3v) is 3.37. The molecular weight excluding hydrogens is 291 g/mol. The molecule has 0 N–H and O–H groups in total. The number of benzene rings is 1. The summed E-state index contributed by atoms with van der Waals surface area (Å²) < 4.78 is 2.56. The summed E-state index contributed by atoms with van der Waals surface area (Å²) in [7, 11) is 0. The van der Waals surface area contributed by atoms with Gasteiger partial charge in [0, 0.05) is 10.9 Å². The molecule has 0 saturated heterocycles. The second kappa shape index (κ2) is 4.93. The second-order valence-corrected chi connectivity index (χ2v) is 4.62. The average molecular weight is 302 g/mol. The molecule has 1 aromatic heterocycles. The van der Waals surface area contributed by atoms with Gasteiger partial charge in [0.15, 0.2) is 5.82 Å². The van der Waals surface area contributed by atoms with E-state index in [1.807, 2.05) is 18.2 Å². The van der Waals surface area contributed by atoms with Crippen molar-refractivity contribution >= 4 is 27.5 Å². The summed E-state index contributed by atoms with van der Waals surface area (Å²) in [6, 6.07) is 5.61. The second-order valence-electron chi connectivity index (χ2n) is 3.36. The van der Waals surface area contributed by atoms with Gasteiger partial charge in [-0.1, -0.05) is 18.5 Å². The molecule has 1 heterocycles. The van der Waals surface area contributed by atoms with Crippen LogP contribution in [0.5, 0.6) is 0 Å². The van der Waals surface area contributed by atoms with E-state index in [1.54, 1.807) is 4.68 Å². The molecule has 0 aliphatic heterocycles. The fourth-order valence-corrected chi connectivity index (χ4v) is 1.89. The van der Waals surface area contributed by atoms with Crippen molar-refractivity contribution in [2.45, 2.75) is 19.8 Å². The molecule has 0 atom stereocenters. The molecule has 0 aliphatic carbocycles. The van der Waals surface area contributed by atoms with Gasteiger partial charge >= 0.3 is 0 Å². The maximum Gasteiger partial charge on any atom is 0.156 e. The molecule has 6 heteroatoms. The van der Waals surface area contributed by atoms with E-state index in [4.69, 9.17) is 11.6 Å². The molecule has 0 aliphatic rings. The van der Waals surface area contributed by atoms with Crippen LogP contribution >= 0.6 is 27.5 Å². The summed E-state index contributed by atoms with van der Waals surface area (Å²) in [4.78, 5) is 0. The van der Waals surface area contributed by atoms with Crippen molar-refractivity contribution in [3.8, 4) is 5.69 Å². The van der Waals surface area contributed by atoms with Crippen LogP contribution in [0.15, 0.2) is 22.7 Å². The van der Waals surface area contributed by atoms with Crippen LogP contribution < -0.4 is 0 Å².